The van der Waals surface area contributed by atoms with E-state index in [2.05, 4.69) is 76.6 Å². The number of nitrogens with zero attached hydrogens (tertiary/aromatic N) is 3. The lowest BCUT2D eigenvalue weighted by atomic mass is 10.0. The molecule has 2 aromatic rings. The third-order valence-electron chi connectivity index (χ3n) is 3.34. The van der Waals surface area contributed by atoms with E-state index >= 15 is 0 Å². The fourth-order valence-corrected chi connectivity index (χ4v) is 2.60. The Morgan fingerprint density at radius 1 is 1.21 bits per heavy atom. The average Bonchev–Trinajstić information content (AvgIpc) is 2.75. The maximum absolute atomic E-state index is 4.40. The Morgan fingerprint density at radius 2 is 1.95 bits per heavy atom. The lowest BCUT2D eigenvalue weighted by Crippen LogP contribution is -2.09. The van der Waals surface area contributed by atoms with Gasteiger partial charge in [0.25, 0.3) is 0 Å². The second-order valence-corrected chi connectivity index (χ2v) is 5.89. The molecule has 0 spiro atoms. The molecule has 0 aliphatic heterocycles. The number of rotatable bonds is 4. The SMILES string of the molecule is Cc1cccc(-c2nnc(CBr)n2CC(C)C)c1C. The molecule has 1 aromatic heterocycles. The van der Waals surface area contributed by atoms with Gasteiger partial charge in [-0.25, -0.2) is 0 Å². The van der Waals surface area contributed by atoms with Crippen LogP contribution in [0.4, 0.5) is 0 Å². The highest BCUT2D eigenvalue weighted by Crippen LogP contribution is 2.25. The van der Waals surface area contributed by atoms with Gasteiger partial charge in [0.15, 0.2) is 5.82 Å². The van der Waals surface area contributed by atoms with Gasteiger partial charge in [-0.15, -0.1) is 10.2 Å². The highest BCUT2D eigenvalue weighted by atomic mass is 79.9. The van der Waals surface area contributed by atoms with Crippen LogP contribution < -0.4 is 0 Å². The van der Waals surface area contributed by atoms with E-state index in [-0.39, 0.29) is 0 Å². The van der Waals surface area contributed by atoms with E-state index in [0.717, 1.165) is 23.5 Å². The molecule has 0 aliphatic carbocycles. The number of aryl methyl sites for hydroxylation is 1. The molecule has 3 nitrogen and oxygen atoms in total. The van der Waals surface area contributed by atoms with Gasteiger partial charge in [-0.3, -0.25) is 0 Å². The topological polar surface area (TPSA) is 30.7 Å². The second-order valence-electron chi connectivity index (χ2n) is 5.33. The zero-order valence-electron chi connectivity index (χ0n) is 11.9. The van der Waals surface area contributed by atoms with Crippen LogP contribution in [0.15, 0.2) is 18.2 Å². The zero-order valence-corrected chi connectivity index (χ0v) is 13.5. The summed E-state index contributed by atoms with van der Waals surface area (Å²) in [4.78, 5) is 0. The molecular weight excluding hydrogens is 302 g/mol. The number of halogens is 1. The molecule has 0 unspecified atom stereocenters. The Labute approximate surface area is 123 Å². The maximum atomic E-state index is 4.40. The molecule has 2 rings (SSSR count). The van der Waals surface area contributed by atoms with Crippen LogP contribution >= 0.6 is 15.9 Å². The van der Waals surface area contributed by atoms with E-state index in [1.165, 1.54) is 16.7 Å². The van der Waals surface area contributed by atoms with Crippen LogP contribution in [-0.2, 0) is 11.9 Å². The minimum Gasteiger partial charge on any atom is -0.310 e. The Bertz CT molecular complexity index is 573. The van der Waals surface area contributed by atoms with E-state index in [1.54, 1.807) is 0 Å². The summed E-state index contributed by atoms with van der Waals surface area (Å²) in [5.74, 6) is 2.53. The van der Waals surface area contributed by atoms with Crippen LogP contribution in [0, 0.1) is 19.8 Å². The van der Waals surface area contributed by atoms with E-state index in [1.807, 2.05) is 0 Å². The third kappa shape index (κ3) is 2.89. The van der Waals surface area contributed by atoms with Crippen LogP contribution in [0.5, 0.6) is 0 Å². The fourth-order valence-electron chi connectivity index (χ4n) is 2.18. The number of benzene rings is 1. The zero-order chi connectivity index (χ0) is 14.0. The summed E-state index contributed by atoms with van der Waals surface area (Å²) in [5.41, 5.74) is 3.75. The molecule has 0 N–H and O–H groups in total. The molecule has 0 atom stereocenters. The lowest BCUT2D eigenvalue weighted by Gasteiger charge is -2.14. The van der Waals surface area contributed by atoms with Gasteiger partial charge in [-0.05, 0) is 30.9 Å². The van der Waals surface area contributed by atoms with Crippen molar-refractivity contribution >= 4 is 15.9 Å². The molecule has 1 heterocycles. The van der Waals surface area contributed by atoms with Crippen molar-refractivity contribution in [1.29, 1.82) is 0 Å². The number of aromatic nitrogens is 3. The summed E-state index contributed by atoms with van der Waals surface area (Å²) >= 11 is 3.49. The molecule has 102 valence electrons. The molecule has 0 amide bonds. The second kappa shape index (κ2) is 5.87. The summed E-state index contributed by atoms with van der Waals surface area (Å²) in [6.07, 6.45) is 0. The Balaban J connectivity index is 2.55. The number of hydrogen-bond donors (Lipinski definition) is 0. The van der Waals surface area contributed by atoms with E-state index in [0.29, 0.717) is 5.92 Å². The molecule has 0 aliphatic rings. The van der Waals surface area contributed by atoms with Gasteiger partial charge < -0.3 is 4.57 Å². The van der Waals surface area contributed by atoms with Crippen LogP contribution in [0.25, 0.3) is 11.4 Å². The first-order valence-electron chi connectivity index (χ1n) is 6.59. The largest absolute Gasteiger partial charge is 0.310 e. The first-order chi connectivity index (χ1) is 9.04. The standard InChI is InChI=1S/C15H20BrN3/c1-10(2)9-19-14(8-16)17-18-15(19)13-7-5-6-11(3)12(13)4/h5-7,10H,8-9H2,1-4H3. The molecule has 0 fully saturated rings. The third-order valence-corrected chi connectivity index (χ3v) is 3.84. The Morgan fingerprint density at radius 3 is 2.58 bits per heavy atom. The van der Waals surface area contributed by atoms with Crippen molar-refractivity contribution in [3.05, 3.63) is 35.2 Å². The van der Waals surface area contributed by atoms with Gasteiger partial charge in [-0.2, -0.15) is 0 Å². The molecule has 4 heteroatoms. The van der Waals surface area contributed by atoms with Crippen molar-refractivity contribution in [2.45, 2.75) is 39.6 Å². The molecule has 0 saturated heterocycles. The van der Waals surface area contributed by atoms with Crippen molar-refractivity contribution in [3.8, 4) is 11.4 Å². The van der Waals surface area contributed by atoms with Crippen molar-refractivity contribution in [1.82, 2.24) is 14.8 Å². The smallest absolute Gasteiger partial charge is 0.164 e. The lowest BCUT2D eigenvalue weighted by molar-refractivity contribution is 0.516. The monoisotopic (exact) mass is 321 g/mol. The molecule has 1 aromatic carbocycles. The normalized spacial score (nSPS) is 11.3. The van der Waals surface area contributed by atoms with Gasteiger partial charge in [0.05, 0.1) is 5.33 Å². The van der Waals surface area contributed by atoms with Crippen LogP contribution in [0.3, 0.4) is 0 Å². The Hall–Kier alpha value is -1.16. The van der Waals surface area contributed by atoms with E-state index in [9.17, 15) is 0 Å². The molecule has 0 radical (unpaired) electrons. The first-order valence-corrected chi connectivity index (χ1v) is 7.71. The van der Waals surface area contributed by atoms with Gasteiger partial charge in [0.1, 0.15) is 5.82 Å². The summed E-state index contributed by atoms with van der Waals surface area (Å²) in [7, 11) is 0. The van der Waals surface area contributed by atoms with Gasteiger partial charge >= 0.3 is 0 Å². The van der Waals surface area contributed by atoms with Crippen molar-refractivity contribution in [2.75, 3.05) is 0 Å². The van der Waals surface area contributed by atoms with Crippen LogP contribution in [-0.4, -0.2) is 14.8 Å². The average molecular weight is 322 g/mol. The molecular formula is C15H20BrN3. The van der Waals surface area contributed by atoms with E-state index < -0.39 is 0 Å². The predicted molar refractivity (Wildman–Crippen MR) is 82.4 cm³/mol. The number of alkyl halides is 1. The molecule has 0 bridgehead atoms. The minimum atomic E-state index is 0.567. The van der Waals surface area contributed by atoms with Gasteiger partial charge in [-0.1, -0.05) is 48.0 Å². The highest BCUT2D eigenvalue weighted by molar-refractivity contribution is 9.08. The molecule has 0 saturated carbocycles. The van der Waals surface area contributed by atoms with Gasteiger partial charge in [0, 0.05) is 12.1 Å². The summed E-state index contributed by atoms with van der Waals surface area (Å²) < 4.78 is 2.22. The molecule has 19 heavy (non-hydrogen) atoms. The van der Waals surface area contributed by atoms with Crippen LogP contribution in [0.1, 0.15) is 30.8 Å². The maximum Gasteiger partial charge on any atom is 0.164 e. The fraction of sp³-hybridized carbons (Fsp3) is 0.467. The van der Waals surface area contributed by atoms with Gasteiger partial charge in [0.2, 0.25) is 0 Å². The summed E-state index contributed by atoms with van der Waals surface area (Å²) in [6, 6.07) is 6.34. The minimum absolute atomic E-state index is 0.567. The van der Waals surface area contributed by atoms with E-state index in [4.69, 9.17) is 0 Å². The van der Waals surface area contributed by atoms with Crippen LogP contribution in [0.2, 0.25) is 0 Å². The highest BCUT2D eigenvalue weighted by Gasteiger charge is 2.16. The van der Waals surface area contributed by atoms with Crippen molar-refractivity contribution < 1.29 is 0 Å². The van der Waals surface area contributed by atoms with Crippen molar-refractivity contribution in [2.24, 2.45) is 5.92 Å². The van der Waals surface area contributed by atoms with Crippen molar-refractivity contribution in [3.63, 3.8) is 0 Å². The first kappa shape index (κ1) is 14.3. The summed E-state index contributed by atoms with van der Waals surface area (Å²) in [5, 5.41) is 9.43. The predicted octanol–water partition coefficient (Wildman–Crippen LogP) is 4.11. The quantitative estimate of drug-likeness (QED) is 0.793. The summed E-state index contributed by atoms with van der Waals surface area (Å²) in [6.45, 7) is 9.65. The number of hydrogen-bond acceptors (Lipinski definition) is 2. The Kier molecular flexibility index (Phi) is 4.40.